The molecule has 2 rings (SSSR count). The highest BCUT2D eigenvalue weighted by atomic mass is 16.5. The van der Waals surface area contributed by atoms with Gasteiger partial charge in [0.25, 0.3) is 5.89 Å². The van der Waals surface area contributed by atoms with Crippen molar-refractivity contribution in [1.82, 2.24) is 10.1 Å². The molecule has 0 amide bonds. The van der Waals surface area contributed by atoms with Crippen LogP contribution in [0.5, 0.6) is 0 Å². The van der Waals surface area contributed by atoms with E-state index in [4.69, 9.17) is 10.3 Å². The Bertz CT molecular complexity index is 375. The average Bonchev–Trinajstić information content (AvgIpc) is 2.85. The standard InChI is InChI=1S/C11H17N3O/c1-3-8(2)9-13-10(14-15-9)11(12)6-4-5-7-11/h3H,4-7,12H2,1-2H3/b8-3-. The second-order valence-electron chi connectivity index (χ2n) is 4.26. The van der Waals surface area contributed by atoms with Crippen LogP contribution in [0, 0.1) is 0 Å². The Labute approximate surface area is 89.5 Å². The summed E-state index contributed by atoms with van der Waals surface area (Å²) in [5, 5.41) is 3.99. The van der Waals surface area contributed by atoms with Gasteiger partial charge >= 0.3 is 0 Å². The first-order valence-electron chi connectivity index (χ1n) is 5.42. The fourth-order valence-electron chi connectivity index (χ4n) is 1.94. The molecular weight excluding hydrogens is 190 g/mol. The zero-order valence-electron chi connectivity index (χ0n) is 9.29. The lowest BCUT2D eigenvalue weighted by Crippen LogP contribution is -2.34. The third-order valence-electron chi connectivity index (χ3n) is 3.14. The first-order chi connectivity index (χ1) is 7.15. The zero-order chi connectivity index (χ0) is 10.9. The number of rotatable bonds is 2. The number of hydrogen-bond acceptors (Lipinski definition) is 4. The number of allylic oxidation sites excluding steroid dienone is 2. The van der Waals surface area contributed by atoms with Gasteiger partial charge < -0.3 is 10.3 Å². The van der Waals surface area contributed by atoms with Gasteiger partial charge in [0.1, 0.15) is 0 Å². The van der Waals surface area contributed by atoms with E-state index in [1.165, 1.54) is 0 Å². The Balaban J connectivity index is 2.27. The number of nitrogens with zero attached hydrogens (tertiary/aromatic N) is 2. The lowest BCUT2D eigenvalue weighted by molar-refractivity contribution is 0.363. The topological polar surface area (TPSA) is 64.9 Å². The van der Waals surface area contributed by atoms with E-state index in [0.29, 0.717) is 11.7 Å². The van der Waals surface area contributed by atoms with Crippen LogP contribution in [0.25, 0.3) is 5.57 Å². The van der Waals surface area contributed by atoms with Crippen molar-refractivity contribution in [2.75, 3.05) is 0 Å². The second-order valence-corrected chi connectivity index (χ2v) is 4.26. The van der Waals surface area contributed by atoms with Crippen LogP contribution in [0.15, 0.2) is 10.6 Å². The minimum absolute atomic E-state index is 0.351. The molecule has 15 heavy (non-hydrogen) atoms. The molecule has 0 unspecified atom stereocenters. The van der Waals surface area contributed by atoms with Gasteiger partial charge in [0, 0.05) is 5.57 Å². The molecule has 0 aromatic carbocycles. The molecule has 1 aliphatic rings. The fourth-order valence-corrected chi connectivity index (χ4v) is 1.94. The quantitative estimate of drug-likeness (QED) is 0.807. The molecule has 1 saturated carbocycles. The van der Waals surface area contributed by atoms with Gasteiger partial charge in [-0.3, -0.25) is 0 Å². The molecule has 0 aliphatic heterocycles. The van der Waals surface area contributed by atoms with Gasteiger partial charge in [0.15, 0.2) is 5.82 Å². The molecule has 1 fully saturated rings. The summed E-state index contributed by atoms with van der Waals surface area (Å²) in [6.07, 6.45) is 6.18. The molecule has 0 radical (unpaired) electrons. The van der Waals surface area contributed by atoms with Crippen molar-refractivity contribution in [1.29, 1.82) is 0 Å². The van der Waals surface area contributed by atoms with Crippen LogP contribution < -0.4 is 5.73 Å². The lowest BCUT2D eigenvalue weighted by Gasteiger charge is -2.17. The second kappa shape index (κ2) is 3.77. The molecule has 0 saturated heterocycles. The monoisotopic (exact) mass is 207 g/mol. The normalized spacial score (nSPS) is 20.9. The molecule has 0 atom stereocenters. The van der Waals surface area contributed by atoms with Crippen molar-refractivity contribution in [3.63, 3.8) is 0 Å². The van der Waals surface area contributed by atoms with E-state index in [1.54, 1.807) is 0 Å². The van der Waals surface area contributed by atoms with Crippen molar-refractivity contribution in [3.8, 4) is 0 Å². The van der Waals surface area contributed by atoms with E-state index in [-0.39, 0.29) is 5.54 Å². The van der Waals surface area contributed by atoms with E-state index < -0.39 is 0 Å². The highest BCUT2D eigenvalue weighted by Gasteiger charge is 2.35. The molecule has 1 heterocycles. The minimum atomic E-state index is -0.351. The van der Waals surface area contributed by atoms with Crippen molar-refractivity contribution < 1.29 is 4.52 Å². The van der Waals surface area contributed by atoms with Crippen molar-refractivity contribution in [3.05, 3.63) is 17.8 Å². The van der Waals surface area contributed by atoms with Crippen molar-refractivity contribution in [2.24, 2.45) is 5.73 Å². The number of nitrogens with two attached hydrogens (primary N) is 1. The van der Waals surface area contributed by atoms with E-state index in [9.17, 15) is 0 Å². The summed E-state index contributed by atoms with van der Waals surface area (Å²) >= 11 is 0. The van der Waals surface area contributed by atoms with E-state index in [1.807, 2.05) is 19.9 Å². The van der Waals surface area contributed by atoms with Gasteiger partial charge in [-0.2, -0.15) is 4.98 Å². The highest BCUT2D eigenvalue weighted by Crippen LogP contribution is 2.34. The van der Waals surface area contributed by atoms with Crippen molar-refractivity contribution >= 4 is 5.57 Å². The maximum atomic E-state index is 6.23. The Hall–Kier alpha value is -1.16. The van der Waals surface area contributed by atoms with Gasteiger partial charge in [-0.05, 0) is 26.7 Å². The van der Waals surface area contributed by atoms with Gasteiger partial charge in [-0.25, -0.2) is 0 Å². The van der Waals surface area contributed by atoms with Crippen molar-refractivity contribution in [2.45, 2.75) is 45.1 Å². The summed E-state index contributed by atoms with van der Waals surface area (Å²) in [6, 6.07) is 0. The first kappa shape index (κ1) is 10.4. The fraction of sp³-hybridized carbons (Fsp3) is 0.636. The molecular formula is C11H17N3O. The summed E-state index contributed by atoms with van der Waals surface area (Å²) in [6.45, 7) is 3.90. The smallest absolute Gasteiger partial charge is 0.253 e. The Morgan fingerprint density at radius 3 is 2.73 bits per heavy atom. The summed E-state index contributed by atoms with van der Waals surface area (Å²) in [5.41, 5.74) is 6.88. The Morgan fingerprint density at radius 1 is 1.47 bits per heavy atom. The van der Waals surface area contributed by atoms with E-state index >= 15 is 0 Å². The van der Waals surface area contributed by atoms with Gasteiger partial charge in [0.2, 0.25) is 0 Å². The summed E-state index contributed by atoms with van der Waals surface area (Å²) < 4.78 is 5.19. The average molecular weight is 207 g/mol. The molecule has 0 bridgehead atoms. The van der Waals surface area contributed by atoms with E-state index in [0.717, 1.165) is 31.3 Å². The molecule has 0 spiro atoms. The molecule has 1 aromatic heterocycles. The largest absolute Gasteiger partial charge is 0.334 e. The molecule has 2 N–H and O–H groups in total. The molecule has 4 nitrogen and oxygen atoms in total. The number of hydrogen-bond donors (Lipinski definition) is 1. The van der Waals surface area contributed by atoms with Crippen LogP contribution in [-0.4, -0.2) is 10.1 Å². The molecule has 1 aromatic rings. The van der Waals surface area contributed by atoms with Gasteiger partial charge in [-0.1, -0.05) is 24.1 Å². The summed E-state index contributed by atoms with van der Waals surface area (Å²) in [4.78, 5) is 4.36. The summed E-state index contributed by atoms with van der Waals surface area (Å²) in [5.74, 6) is 1.25. The predicted molar refractivity (Wildman–Crippen MR) is 58.0 cm³/mol. The zero-order valence-corrected chi connectivity index (χ0v) is 9.29. The van der Waals surface area contributed by atoms with Gasteiger partial charge in [0.05, 0.1) is 5.54 Å². The first-order valence-corrected chi connectivity index (χ1v) is 5.42. The van der Waals surface area contributed by atoms with Crippen LogP contribution >= 0.6 is 0 Å². The minimum Gasteiger partial charge on any atom is -0.334 e. The Morgan fingerprint density at radius 2 is 2.13 bits per heavy atom. The van der Waals surface area contributed by atoms with Crippen LogP contribution in [0.2, 0.25) is 0 Å². The third kappa shape index (κ3) is 1.81. The van der Waals surface area contributed by atoms with E-state index in [2.05, 4.69) is 10.1 Å². The molecule has 1 aliphatic carbocycles. The molecule has 4 heteroatoms. The SMILES string of the molecule is C/C=C(/C)c1nc(C2(N)CCCC2)no1. The van der Waals surface area contributed by atoms with Crippen LogP contribution in [0.3, 0.4) is 0 Å². The highest BCUT2D eigenvalue weighted by molar-refractivity contribution is 5.55. The van der Waals surface area contributed by atoms with Crippen LogP contribution in [0.1, 0.15) is 51.2 Å². The maximum Gasteiger partial charge on any atom is 0.253 e. The van der Waals surface area contributed by atoms with Crippen LogP contribution in [-0.2, 0) is 5.54 Å². The lowest BCUT2D eigenvalue weighted by atomic mass is 9.99. The van der Waals surface area contributed by atoms with Gasteiger partial charge in [-0.15, -0.1) is 0 Å². The van der Waals surface area contributed by atoms with Crippen LogP contribution in [0.4, 0.5) is 0 Å². The number of aromatic nitrogens is 2. The third-order valence-corrected chi connectivity index (χ3v) is 3.14. The predicted octanol–water partition coefficient (Wildman–Crippen LogP) is 2.22. The molecule has 82 valence electrons. The Kier molecular flexibility index (Phi) is 2.61. The summed E-state index contributed by atoms with van der Waals surface area (Å²) in [7, 11) is 0. The maximum absolute atomic E-state index is 6.23.